The van der Waals surface area contributed by atoms with Crippen molar-refractivity contribution in [2.45, 2.75) is 25.3 Å². The maximum atomic E-state index is 12.0. The number of urea groups is 1. The number of thiazole rings is 1. The summed E-state index contributed by atoms with van der Waals surface area (Å²) in [6.45, 7) is 0.493. The van der Waals surface area contributed by atoms with E-state index in [4.69, 9.17) is 0 Å². The second-order valence-electron chi connectivity index (χ2n) is 4.71. The summed E-state index contributed by atoms with van der Waals surface area (Å²) in [5.41, 5.74) is 2.01. The highest BCUT2D eigenvalue weighted by atomic mass is 32.1. The molecule has 7 heteroatoms. The summed E-state index contributed by atoms with van der Waals surface area (Å²) < 4.78 is 0. The van der Waals surface area contributed by atoms with E-state index in [0.29, 0.717) is 17.6 Å². The number of aromatic nitrogens is 3. The third-order valence-corrected chi connectivity index (χ3v) is 3.82. The molecule has 1 aliphatic carbocycles. The Labute approximate surface area is 114 Å². The average molecular weight is 277 g/mol. The quantitative estimate of drug-likeness (QED) is 0.901. The minimum atomic E-state index is -0.161. The topological polar surface area (TPSA) is 73.9 Å². The van der Waals surface area contributed by atoms with Crippen molar-refractivity contribution < 1.29 is 4.79 Å². The fourth-order valence-corrected chi connectivity index (χ4v) is 2.58. The van der Waals surface area contributed by atoms with Crippen LogP contribution < -0.4 is 5.32 Å². The first-order valence-corrected chi connectivity index (χ1v) is 7.05. The number of hydrogen-bond donors (Lipinski definition) is 2. The van der Waals surface area contributed by atoms with Crippen LogP contribution in [0.15, 0.2) is 17.9 Å². The standard InChI is InChI=1S/C12H15N5OS/c1-17(5-9-4-13-7-14-9)12(18)16-11-15-10(6-19-11)8-2-3-8/h4,6-8H,2-3,5H2,1H3,(H,13,14)(H,15,16,18). The van der Waals surface area contributed by atoms with E-state index in [-0.39, 0.29) is 6.03 Å². The van der Waals surface area contributed by atoms with Crippen molar-refractivity contribution in [3.8, 4) is 0 Å². The van der Waals surface area contributed by atoms with Gasteiger partial charge in [0.25, 0.3) is 0 Å². The number of H-pyrrole nitrogens is 1. The van der Waals surface area contributed by atoms with E-state index in [0.717, 1.165) is 11.4 Å². The number of carbonyl (C=O) groups is 1. The Kier molecular flexibility index (Phi) is 3.20. The van der Waals surface area contributed by atoms with E-state index in [1.54, 1.807) is 24.5 Å². The van der Waals surface area contributed by atoms with Gasteiger partial charge in [-0.25, -0.2) is 14.8 Å². The maximum absolute atomic E-state index is 12.0. The molecule has 0 saturated heterocycles. The van der Waals surface area contributed by atoms with Crippen molar-refractivity contribution in [3.05, 3.63) is 29.3 Å². The molecule has 0 aliphatic heterocycles. The zero-order valence-corrected chi connectivity index (χ0v) is 11.4. The molecule has 2 N–H and O–H groups in total. The van der Waals surface area contributed by atoms with E-state index < -0.39 is 0 Å². The first-order chi connectivity index (χ1) is 9.22. The van der Waals surface area contributed by atoms with Gasteiger partial charge in [0.1, 0.15) is 0 Å². The Balaban J connectivity index is 1.57. The van der Waals surface area contributed by atoms with Crippen LogP contribution in [0.3, 0.4) is 0 Å². The van der Waals surface area contributed by atoms with Gasteiger partial charge in [-0.15, -0.1) is 11.3 Å². The summed E-state index contributed by atoms with van der Waals surface area (Å²) in [4.78, 5) is 24.9. The Bertz CT molecular complexity index is 560. The number of anilines is 1. The fourth-order valence-electron chi connectivity index (χ4n) is 1.80. The molecule has 100 valence electrons. The average Bonchev–Trinajstić information content (AvgIpc) is 2.92. The van der Waals surface area contributed by atoms with E-state index in [2.05, 4.69) is 20.3 Å². The molecule has 6 nitrogen and oxygen atoms in total. The molecule has 3 rings (SSSR count). The van der Waals surface area contributed by atoms with Gasteiger partial charge >= 0.3 is 6.03 Å². The van der Waals surface area contributed by atoms with E-state index in [9.17, 15) is 4.79 Å². The van der Waals surface area contributed by atoms with E-state index in [1.165, 1.54) is 24.2 Å². The second kappa shape index (κ2) is 5.00. The van der Waals surface area contributed by atoms with Crippen LogP contribution in [0.2, 0.25) is 0 Å². The van der Waals surface area contributed by atoms with Gasteiger partial charge in [0.05, 0.1) is 24.3 Å². The molecule has 0 unspecified atom stereocenters. The number of carbonyl (C=O) groups excluding carboxylic acids is 1. The van der Waals surface area contributed by atoms with Crippen LogP contribution in [0.5, 0.6) is 0 Å². The highest BCUT2D eigenvalue weighted by molar-refractivity contribution is 7.13. The number of aromatic amines is 1. The number of amides is 2. The molecule has 0 bridgehead atoms. The van der Waals surface area contributed by atoms with Gasteiger partial charge in [-0.1, -0.05) is 0 Å². The van der Waals surface area contributed by atoms with Gasteiger partial charge in [0, 0.05) is 24.5 Å². The Hall–Kier alpha value is -1.89. The van der Waals surface area contributed by atoms with Crippen LogP contribution in [0, 0.1) is 0 Å². The molecule has 0 aromatic carbocycles. The molecule has 2 heterocycles. The molecule has 19 heavy (non-hydrogen) atoms. The monoisotopic (exact) mass is 277 g/mol. The van der Waals surface area contributed by atoms with Gasteiger partial charge < -0.3 is 9.88 Å². The SMILES string of the molecule is CN(Cc1cnc[nH]1)C(=O)Nc1nc(C2CC2)cs1. The molecule has 0 radical (unpaired) electrons. The van der Waals surface area contributed by atoms with Gasteiger partial charge in [0.15, 0.2) is 5.13 Å². The normalized spacial score (nSPS) is 14.4. The lowest BCUT2D eigenvalue weighted by atomic mass is 10.3. The third-order valence-electron chi connectivity index (χ3n) is 3.04. The van der Waals surface area contributed by atoms with Crippen molar-refractivity contribution in [1.82, 2.24) is 19.9 Å². The lowest BCUT2D eigenvalue weighted by molar-refractivity contribution is 0.220. The maximum Gasteiger partial charge on any atom is 0.323 e. The van der Waals surface area contributed by atoms with Crippen LogP contribution in [0.1, 0.15) is 30.1 Å². The molecule has 2 aromatic heterocycles. The lowest BCUT2D eigenvalue weighted by Crippen LogP contribution is -2.30. The third kappa shape index (κ3) is 2.93. The first kappa shape index (κ1) is 12.2. The van der Waals surface area contributed by atoms with E-state index >= 15 is 0 Å². The number of rotatable bonds is 4. The zero-order valence-electron chi connectivity index (χ0n) is 10.6. The minimum Gasteiger partial charge on any atom is -0.347 e. The number of hydrogen-bond acceptors (Lipinski definition) is 4. The molecule has 2 aromatic rings. The first-order valence-electron chi connectivity index (χ1n) is 6.17. The van der Waals surface area contributed by atoms with Crippen molar-refractivity contribution >= 4 is 22.5 Å². The summed E-state index contributed by atoms with van der Waals surface area (Å²) in [5.74, 6) is 0.615. The van der Waals surface area contributed by atoms with Crippen molar-refractivity contribution in [1.29, 1.82) is 0 Å². The van der Waals surface area contributed by atoms with Crippen LogP contribution in [0.25, 0.3) is 0 Å². The van der Waals surface area contributed by atoms with Gasteiger partial charge in [0.2, 0.25) is 0 Å². The van der Waals surface area contributed by atoms with E-state index in [1.807, 2.05) is 5.38 Å². The van der Waals surface area contributed by atoms with Crippen LogP contribution in [-0.4, -0.2) is 32.9 Å². The Morgan fingerprint density at radius 2 is 2.47 bits per heavy atom. The highest BCUT2D eigenvalue weighted by Crippen LogP contribution is 2.40. The molecule has 1 aliphatic rings. The van der Waals surface area contributed by atoms with Crippen LogP contribution in [0.4, 0.5) is 9.93 Å². The summed E-state index contributed by atoms with van der Waals surface area (Å²) >= 11 is 1.48. The summed E-state index contributed by atoms with van der Waals surface area (Å²) in [7, 11) is 1.74. The molecule has 1 saturated carbocycles. The molecule has 0 spiro atoms. The lowest BCUT2D eigenvalue weighted by Gasteiger charge is -2.15. The Morgan fingerprint density at radius 3 is 3.16 bits per heavy atom. The van der Waals surface area contributed by atoms with Gasteiger partial charge in [-0.3, -0.25) is 5.32 Å². The van der Waals surface area contributed by atoms with Crippen LogP contribution in [-0.2, 0) is 6.54 Å². The second-order valence-corrected chi connectivity index (χ2v) is 5.57. The zero-order chi connectivity index (χ0) is 13.2. The molecular formula is C12H15N5OS. The number of nitrogens with one attached hydrogen (secondary N) is 2. The predicted molar refractivity (Wildman–Crippen MR) is 73.2 cm³/mol. The summed E-state index contributed by atoms with van der Waals surface area (Å²) in [5, 5.41) is 5.52. The summed E-state index contributed by atoms with van der Waals surface area (Å²) in [6.07, 6.45) is 5.75. The van der Waals surface area contributed by atoms with Crippen molar-refractivity contribution in [3.63, 3.8) is 0 Å². The van der Waals surface area contributed by atoms with Gasteiger partial charge in [-0.2, -0.15) is 0 Å². The van der Waals surface area contributed by atoms with Crippen LogP contribution >= 0.6 is 11.3 Å². The minimum absolute atomic E-state index is 0.161. The van der Waals surface area contributed by atoms with Gasteiger partial charge in [-0.05, 0) is 12.8 Å². The Morgan fingerprint density at radius 1 is 1.63 bits per heavy atom. The predicted octanol–water partition coefficient (Wildman–Crippen LogP) is 2.41. The molecule has 1 fully saturated rings. The smallest absolute Gasteiger partial charge is 0.323 e. The van der Waals surface area contributed by atoms with Crippen molar-refractivity contribution in [2.75, 3.05) is 12.4 Å². The largest absolute Gasteiger partial charge is 0.347 e. The summed E-state index contributed by atoms with van der Waals surface area (Å²) in [6, 6.07) is -0.161. The van der Waals surface area contributed by atoms with Crippen molar-refractivity contribution in [2.24, 2.45) is 0 Å². The highest BCUT2D eigenvalue weighted by Gasteiger charge is 2.26. The number of nitrogens with zero attached hydrogens (tertiary/aromatic N) is 3. The fraction of sp³-hybridized carbons (Fsp3) is 0.417. The molecule has 2 amide bonds. The number of imidazole rings is 1. The molecular weight excluding hydrogens is 262 g/mol. The molecule has 0 atom stereocenters.